The van der Waals surface area contributed by atoms with Gasteiger partial charge >= 0.3 is 0 Å². The van der Waals surface area contributed by atoms with Gasteiger partial charge in [-0.05, 0) is 11.8 Å². The van der Waals surface area contributed by atoms with Gasteiger partial charge in [0, 0.05) is 24.7 Å². The van der Waals surface area contributed by atoms with Crippen LogP contribution >= 0.6 is 11.6 Å². The van der Waals surface area contributed by atoms with E-state index in [2.05, 4.69) is 29.1 Å². The van der Waals surface area contributed by atoms with E-state index in [-0.39, 0.29) is 5.41 Å². The third-order valence-electron chi connectivity index (χ3n) is 2.34. The molecule has 0 aliphatic rings. The van der Waals surface area contributed by atoms with Gasteiger partial charge in [0.25, 0.3) is 0 Å². The zero-order valence-electron chi connectivity index (χ0n) is 9.96. The Labute approximate surface area is 101 Å². The van der Waals surface area contributed by atoms with Gasteiger partial charge in [-0.25, -0.2) is 4.98 Å². The molecule has 4 nitrogen and oxygen atoms in total. The molecule has 1 aromatic heterocycles. The fraction of sp³-hybridized carbons (Fsp3) is 0.636. The summed E-state index contributed by atoms with van der Waals surface area (Å²) >= 11 is 5.74. The zero-order chi connectivity index (χ0) is 12.0. The highest BCUT2D eigenvalue weighted by atomic mass is 35.5. The lowest BCUT2D eigenvalue weighted by molar-refractivity contribution is 0.376. The molecule has 0 amide bonds. The summed E-state index contributed by atoms with van der Waals surface area (Å²) in [6.45, 7) is 5.10. The van der Waals surface area contributed by atoms with Crippen molar-refractivity contribution in [1.82, 2.24) is 9.97 Å². The van der Waals surface area contributed by atoms with Crippen LogP contribution in [0.25, 0.3) is 0 Å². The number of halogens is 1. The predicted molar refractivity (Wildman–Crippen MR) is 66.2 cm³/mol. The predicted octanol–water partition coefficient (Wildman–Crippen LogP) is 2.55. The first-order valence-corrected chi connectivity index (χ1v) is 5.78. The Morgan fingerprint density at radius 3 is 2.88 bits per heavy atom. The second-order valence-electron chi connectivity index (χ2n) is 4.38. The van der Waals surface area contributed by atoms with E-state index >= 15 is 0 Å². The SMILES string of the molecule is COc1ccnc(NCC(C)(C)CCCl)n1. The maximum atomic E-state index is 5.74. The molecule has 0 saturated carbocycles. The molecule has 1 aromatic rings. The van der Waals surface area contributed by atoms with Crippen LogP contribution in [0.1, 0.15) is 20.3 Å². The van der Waals surface area contributed by atoms with Crippen molar-refractivity contribution in [3.63, 3.8) is 0 Å². The van der Waals surface area contributed by atoms with Gasteiger partial charge in [-0.2, -0.15) is 4.98 Å². The van der Waals surface area contributed by atoms with Crippen LogP contribution in [0.3, 0.4) is 0 Å². The Morgan fingerprint density at radius 1 is 1.50 bits per heavy atom. The van der Waals surface area contributed by atoms with Crippen molar-refractivity contribution in [1.29, 1.82) is 0 Å². The van der Waals surface area contributed by atoms with E-state index in [0.29, 0.717) is 17.7 Å². The molecule has 1 rings (SSSR count). The van der Waals surface area contributed by atoms with Gasteiger partial charge in [-0.15, -0.1) is 11.6 Å². The van der Waals surface area contributed by atoms with Gasteiger partial charge in [-0.3, -0.25) is 0 Å². The number of alkyl halides is 1. The standard InChI is InChI=1S/C11H18ClN3O/c1-11(2,5-6-12)8-14-10-13-7-4-9(15-10)16-3/h4,7H,5-6,8H2,1-3H3,(H,13,14,15). The molecule has 0 bridgehead atoms. The van der Waals surface area contributed by atoms with Crippen LogP contribution in [-0.2, 0) is 0 Å². The minimum absolute atomic E-state index is 0.133. The topological polar surface area (TPSA) is 47.0 Å². The number of ether oxygens (including phenoxy) is 1. The molecular formula is C11H18ClN3O. The molecule has 0 saturated heterocycles. The number of aromatic nitrogens is 2. The highest BCUT2D eigenvalue weighted by molar-refractivity contribution is 6.17. The van der Waals surface area contributed by atoms with E-state index in [0.717, 1.165) is 13.0 Å². The van der Waals surface area contributed by atoms with E-state index < -0.39 is 0 Å². The summed E-state index contributed by atoms with van der Waals surface area (Å²) in [4.78, 5) is 8.29. The second kappa shape index (κ2) is 5.89. The number of hydrogen-bond acceptors (Lipinski definition) is 4. The van der Waals surface area contributed by atoms with Crippen LogP contribution in [0.2, 0.25) is 0 Å². The fourth-order valence-corrected chi connectivity index (χ4v) is 1.72. The number of methoxy groups -OCH3 is 1. The van der Waals surface area contributed by atoms with Gasteiger partial charge in [0.05, 0.1) is 7.11 Å². The molecule has 0 unspecified atom stereocenters. The number of nitrogens with zero attached hydrogens (tertiary/aromatic N) is 2. The number of hydrogen-bond donors (Lipinski definition) is 1. The highest BCUT2D eigenvalue weighted by Crippen LogP contribution is 2.21. The molecular weight excluding hydrogens is 226 g/mol. The molecule has 0 fully saturated rings. The van der Waals surface area contributed by atoms with E-state index in [9.17, 15) is 0 Å². The van der Waals surface area contributed by atoms with E-state index in [1.165, 1.54) is 0 Å². The Bertz CT molecular complexity index is 331. The summed E-state index contributed by atoms with van der Waals surface area (Å²) in [6, 6.07) is 1.72. The van der Waals surface area contributed by atoms with Crippen molar-refractivity contribution in [2.75, 3.05) is 24.9 Å². The lowest BCUT2D eigenvalue weighted by atomic mass is 9.90. The Hall–Kier alpha value is -1.03. The summed E-state index contributed by atoms with van der Waals surface area (Å²) in [5.74, 6) is 1.81. The van der Waals surface area contributed by atoms with Crippen LogP contribution < -0.4 is 10.1 Å². The van der Waals surface area contributed by atoms with Gasteiger partial charge in [0.2, 0.25) is 11.8 Å². The van der Waals surface area contributed by atoms with Crippen LogP contribution in [0.4, 0.5) is 5.95 Å². The third kappa shape index (κ3) is 4.23. The van der Waals surface area contributed by atoms with Crippen LogP contribution in [0.5, 0.6) is 5.88 Å². The molecule has 1 N–H and O–H groups in total. The van der Waals surface area contributed by atoms with Crippen molar-refractivity contribution in [2.45, 2.75) is 20.3 Å². The molecule has 1 heterocycles. The number of rotatable bonds is 6. The Morgan fingerprint density at radius 2 is 2.25 bits per heavy atom. The molecule has 16 heavy (non-hydrogen) atoms. The van der Waals surface area contributed by atoms with Crippen molar-refractivity contribution in [2.24, 2.45) is 5.41 Å². The molecule has 0 aromatic carbocycles. The summed E-state index contributed by atoms with van der Waals surface area (Å²) < 4.78 is 5.02. The average molecular weight is 244 g/mol. The second-order valence-corrected chi connectivity index (χ2v) is 4.76. The van der Waals surface area contributed by atoms with Crippen molar-refractivity contribution >= 4 is 17.5 Å². The maximum absolute atomic E-state index is 5.74. The fourth-order valence-electron chi connectivity index (χ4n) is 1.20. The lowest BCUT2D eigenvalue weighted by Gasteiger charge is -2.23. The summed E-state index contributed by atoms with van der Waals surface area (Å²) in [6.07, 6.45) is 2.62. The van der Waals surface area contributed by atoms with Crippen LogP contribution in [0.15, 0.2) is 12.3 Å². The minimum atomic E-state index is 0.133. The van der Waals surface area contributed by atoms with E-state index in [1.54, 1.807) is 19.4 Å². The normalized spacial score (nSPS) is 11.2. The first kappa shape index (κ1) is 13.0. The van der Waals surface area contributed by atoms with Gasteiger partial charge < -0.3 is 10.1 Å². The third-order valence-corrected chi connectivity index (χ3v) is 2.52. The lowest BCUT2D eigenvalue weighted by Crippen LogP contribution is -2.24. The molecule has 90 valence electrons. The average Bonchev–Trinajstić information content (AvgIpc) is 2.27. The van der Waals surface area contributed by atoms with E-state index in [4.69, 9.17) is 16.3 Å². The monoisotopic (exact) mass is 243 g/mol. The molecule has 0 aliphatic heterocycles. The summed E-state index contributed by atoms with van der Waals surface area (Å²) in [5, 5.41) is 3.18. The molecule has 0 aliphatic carbocycles. The number of nitrogens with one attached hydrogen (secondary N) is 1. The molecule has 0 spiro atoms. The first-order chi connectivity index (χ1) is 7.57. The van der Waals surface area contributed by atoms with Gasteiger partial charge in [0.1, 0.15) is 0 Å². The molecule has 0 atom stereocenters. The molecule has 5 heteroatoms. The number of anilines is 1. The van der Waals surface area contributed by atoms with Crippen LogP contribution in [0, 0.1) is 5.41 Å². The largest absolute Gasteiger partial charge is 0.481 e. The summed E-state index contributed by atoms with van der Waals surface area (Å²) in [7, 11) is 1.59. The quantitative estimate of drug-likeness (QED) is 0.780. The minimum Gasteiger partial charge on any atom is -0.481 e. The van der Waals surface area contributed by atoms with Crippen molar-refractivity contribution < 1.29 is 4.74 Å². The maximum Gasteiger partial charge on any atom is 0.225 e. The van der Waals surface area contributed by atoms with Gasteiger partial charge in [-0.1, -0.05) is 13.8 Å². The van der Waals surface area contributed by atoms with E-state index in [1.807, 2.05) is 0 Å². The highest BCUT2D eigenvalue weighted by Gasteiger charge is 2.17. The van der Waals surface area contributed by atoms with Crippen molar-refractivity contribution in [3.05, 3.63) is 12.3 Å². The van der Waals surface area contributed by atoms with Crippen molar-refractivity contribution in [3.8, 4) is 5.88 Å². The summed E-state index contributed by atoms with van der Waals surface area (Å²) in [5.41, 5.74) is 0.133. The molecule has 0 radical (unpaired) electrons. The first-order valence-electron chi connectivity index (χ1n) is 5.24. The van der Waals surface area contributed by atoms with Crippen LogP contribution in [-0.4, -0.2) is 29.5 Å². The Balaban J connectivity index is 2.53. The Kier molecular flexibility index (Phi) is 4.80. The van der Waals surface area contributed by atoms with Gasteiger partial charge in [0.15, 0.2) is 0 Å². The zero-order valence-corrected chi connectivity index (χ0v) is 10.7. The smallest absolute Gasteiger partial charge is 0.225 e.